The van der Waals surface area contributed by atoms with Crippen LogP contribution in [0.3, 0.4) is 0 Å². The zero-order chi connectivity index (χ0) is 12.8. The lowest BCUT2D eigenvalue weighted by atomic mass is 10.3. The Morgan fingerprint density at radius 3 is 2.06 bits per heavy atom. The van der Waals surface area contributed by atoms with Gasteiger partial charge in [0.25, 0.3) is 0 Å². The molecule has 0 bridgehead atoms. The largest absolute Gasteiger partial charge is 0.457 e. The summed E-state index contributed by atoms with van der Waals surface area (Å²) < 4.78 is 5.68. The quantitative estimate of drug-likeness (QED) is 0.598. The van der Waals surface area contributed by atoms with Gasteiger partial charge in [-0.05, 0) is 36.4 Å². The van der Waals surface area contributed by atoms with Gasteiger partial charge >= 0.3 is 0 Å². The Bertz CT molecular complexity index is 506. The molecular weight excluding hydrogens is 226 g/mol. The number of para-hydroxylation sites is 1. The molecule has 4 heteroatoms. The molecule has 18 heavy (non-hydrogen) atoms. The summed E-state index contributed by atoms with van der Waals surface area (Å²) in [5.74, 6) is 1.60. The summed E-state index contributed by atoms with van der Waals surface area (Å²) in [7, 11) is 3.66. The van der Waals surface area contributed by atoms with Gasteiger partial charge in [-0.25, -0.2) is 0 Å². The molecule has 2 aromatic carbocycles. The first-order valence-corrected chi connectivity index (χ1v) is 5.66. The molecule has 0 spiro atoms. The van der Waals surface area contributed by atoms with E-state index in [1.807, 2.05) is 68.7 Å². The molecule has 0 N–H and O–H groups in total. The summed E-state index contributed by atoms with van der Waals surface area (Å²) in [6, 6.07) is 17.1. The zero-order valence-electron chi connectivity index (χ0n) is 10.4. The van der Waals surface area contributed by atoms with Crippen LogP contribution in [0.4, 0.5) is 5.69 Å². The molecule has 2 rings (SSSR count). The van der Waals surface area contributed by atoms with E-state index < -0.39 is 0 Å². The fourth-order valence-electron chi connectivity index (χ4n) is 1.35. The highest BCUT2D eigenvalue weighted by Crippen LogP contribution is 2.23. The second-order valence-electron chi connectivity index (χ2n) is 3.95. The van der Waals surface area contributed by atoms with Gasteiger partial charge in [0, 0.05) is 14.1 Å². The van der Waals surface area contributed by atoms with Crippen LogP contribution in [-0.4, -0.2) is 19.1 Å². The van der Waals surface area contributed by atoms with E-state index in [9.17, 15) is 0 Å². The van der Waals surface area contributed by atoms with E-state index in [0.717, 1.165) is 17.2 Å². The van der Waals surface area contributed by atoms with Gasteiger partial charge in [-0.2, -0.15) is 0 Å². The molecule has 0 atom stereocenters. The molecule has 4 nitrogen and oxygen atoms in total. The lowest BCUT2D eigenvalue weighted by molar-refractivity contribution is 0.408. The summed E-state index contributed by atoms with van der Waals surface area (Å²) in [4.78, 5) is 0. The molecule has 0 heterocycles. The maximum atomic E-state index is 5.68. The van der Waals surface area contributed by atoms with Crippen molar-refractivity contribution in [3.63, 3.8) is 0 Å². The Hall–Kier alpha value is -2.36. The van der Waals surface area contributed by atoms with Crippen LogP contribution in [0.15, 0.2) is 64.9 Å². The maximum absolute atomic E-state index is 5.68. The monoisotopic (exact) mass is 241 g/mol. The number of rotatable bonds is 4. The second-order valence-corrected chi connectivity index (χ2v) is 3.95. The molecule has 0 aliphatic carbocycles. The van der Waals surface area contributed by atoms with Crippen molar-refractivity contribution in [3.05, 3.63) is 54.6 Å². The first-order chi connectivity index (χ1) is 8.74. The van der Waals surface area contributed by atoms with Crippen LogP contribution in [0.5, 0.6) is 11.5 Å². The number of benzene rings is 2. The van der Waals surface area contributed by atoms with Crippen molar-refractivity contribution < 1.29 is 4.74 Å². The third-order valence-corrected chi connectivity index (χ3v) is 2.15. The molecule has 92 valence electrons. The highest BCUT2D eigenvalue weighted by atomic mass is 16.5. The summed E-state index contributed by atoms with van der Waals surface area (Å²) in [5.41, 5.74) is 0.795. The molecule has 0 aromatic heterocycles. The molecular formula is C14H15N3O. The second kappa shape index (κ2) is 5.82. The Balaban J connectivity index is 2.04. The van der Waals surface area contributed by atoms with Crippen molar-refractivity contribution in [1.29, 1.82) is 0 Å². The molecule has 0 unspecified atom stereocenters. The molecule has 0 aliphatic rings. The van der Waals surface area contributed by atoms with Crippen LogP contribution in [0.1, 0.15) is 0 Å². The molecule has 0 aliphatic heterocycles. The van der Waals surface area contributed by atoms with Crippen molar-refractivity contribution in [1.82, 2.24) is 5.01 Å². The normalized spacial score (nSPS) is 10.6. The fraction of sp³-hybridized carbons (Fsp3) is 0.143. The van der Waals surface area contributed by atoms with E-state index in [-0.39, 0.29) is 0 Å². The van der Waals surface area contributed by atoms with Crippen molar-refractivity contribution in [2.45, 2.75) is 0 Å². The van der Waals surface area contributed by atoms with E-state index in [1.54, 1.807) is 5.01 Å². The summed E-state index contributed by atoms with van der Waals surface area (Å²) in [5, 5.41) is 9.62. The van der Waals surface area contributed by atoms with Crippen molar-refractivity contribution in [2.75, 3.05) is 14.1 Å². The predicted molar refractivity (Wildman–Crippen MR) is 71.2 cm³/mol. The van der Waals surface area contributed by atoms with Gasteiger partial charge < -0.3 is 4.74 Å². The van der Waals surface area contributed by atoms with Crippen molar-refractivity contribution in [2.24, 2.45) is 10.3 Å². The van der Waals surface area contributed by atoms with Gasteiger partial charge in [-0.1, -0.05) is 23.4 Å². The zero-order valence-corrected chi connectivity index (χ0v) is 10.4. The average Bonchev–Trinajstić information content (AvgIpc) is 2.39. The van der Waals surface area contributed by atoms with E-state index in [4.69, 9.17) is 4.74 Å². The fourth-order valence-corrected chi connectivity index (χ4v) is 1.35. The van der Waals surface area contributed by atoms with Crippen LogP contribution >= 0.6 is 0 Å². The smallest absolute Gasteiger partial charge is 0.127 e. The Labute approximate surface area is 107 Å². The Kier molecular flexibility index (Phi) is 3.91. The van der Waals surface area contributed by atoms with E-state index in [0.29, 0.717) is 0 Å². The number of nitrogens with zero attached hydrogens (tertiary/aromatic N) is 3. The average molecular weight is 241 g/mol. The lowest BCUT2D eigenvalue weighted by Gasteiger charge is -2.05. The molecule has 0 saturated carbocycles. The molecule has 0 amide bonds. The predicted octanol–water partition coefficient (Wildman–Crippen LogP) is 4.04. The molecule has 0 fully saturated rings. The number of hydrogen-bond acceptors (Lipinski definition) is 3. The Morgan fingerprint density at radius 2 is 1.44 bits per heavy atom. The minimum Gasteiger partial charge on any atom is -0.457 e. The summed E-state index contributed by atoms with van der Waals surface area (Å²) >= 11 is 0. The van der Waals surface area contributed by atoms with Crippen LogP contribution < -0.4 is 4.74 Å². The first kappa shape index (κ1) is 12.1. The van der Waals surface area contributed by atoms with Gasteiger partial charge in [0.1, 0.15) is 11.5 Å². The van der Waals surface area contributed by atoms with Crippen molar-refractivity contribution in [3.8, 4) is 11.5 Å². The molecule has 0 radical (unpaired) electrons. The van der Waals surface area contributed by atoms with E-state index in [2.05, 4.69) is 10.3 Å². The first-order valence-electron chi connectivity index (χ1n) is 5.66. The minimum absolute atomic E-state index is 0.782. The van der Waals surface area contributed by atoms with Crippen LogP contribution in [0.25, 0.3) is 0 Å². The van der Waals surface area contributed by atoms with Crippen molar-refractivity contribution >= 4 is 5.69 Å². The maximum Gasteiger partial charge on any atom is 0.127 e. The highest BCUT2D eigenvalue weighted by Gasteiger charge is 1.96. The summed E-state index contributed by atoms with van der Waals surface area (Å²) in [6.07, 6.45) is 0. The van der Waals surface area contributed by atoms with Gasteiger partial charge in [-0.3, -0.25) is 5.01 Å². The third kappa shape index (κ3) is 3.59. The minimum atomic E-state index is 0.782. The standard InChI is InChI=1S/C14H15N3O/c1-17(2)16-15-12-8-10-14(11-9-12)18-13-6-4-3-5-7-13/h3-11H,1-2H3. The van der Waals surface area contributed by atoms with E-state index in [1.165, 1.54) is 0 Å². The number of ether oxygens (including phenoxy) is 1. The Morgan fingerprint density at radius 1 is 0.833 bits per heavy atom. The lowest BCUT2D eigenvalue weighted by Crippen LogP contribution is -1.98. The topological polar surface area (TPSA) is 37.2 Å². The van der Waals surface area contributed by atoms with Gasteiger partial charge in [0.05, 0.1) is 5.69 Å². The van der Waals surface area contributed by atoms with Gasteiger partial charge in [0.15, 0.2) is 0 Å². The molecule has 2 aromatic rings. The van der Waals surface area contributed by atoms with Crippen LogP contribution in [0.2, 0.25) is 0 Å². The number of hydrogen-bond donors (Lipinski definition) is 0. The van der Waals surface area contributed by atoms with Crippen LogP contribution in [-0.2, 0) is 0 Å². The van der Waals surface area contributed by atoms with Gasteiger partial charge in [0.2, 0.25) is 0 Å². The molecule has 0 saturated heterocycles. The summed E-state index contributed by atoms with van der Waals surface area (Å²) in [6.45, 7) is 0. The SMILES string of the molecule is CN(C)N=Nc1ccc(Oc2ccccc2)cc1. The third-order valence-electron chi connectivity index (χ3n) is 2.15. The van der Waals surface area contributed by atoms with Crippen LogP contribution in [0, 0.1) is 0 Å². The highest BCUT2D eigenvalue weighted by molar-refractivity contribution is 5.42. The van der Waals surface area contributed by atoms with Gasteiger partial charge in [-0.15, -0.1) is 5.11 Å². The van der Waals surface area contributed by atoms with E-state index >= 15 is 0 Å².